The summed E-state index contributed by atoms with van der Waals surface area (Å²) < 4.78 is 0. The molecule has 0 radical (unpaired) electrons. The van der Waals surface area contributed by atoms with Gasteiger partial charge in [-0.1, -0.05) is 6.07 Å². The molecule has 5 fully saturated rings. The van der Waals surface area contributed by atoms with Crippen LogP contribution in [0, 0.1) is 17.8 Å². The second kappa shape index (κ2) is 6.09. The van der Waals surface area contributed by atoms with Crippen molar-refractivity contribution in [3.05, 3.63) is 22.4 Å². The van der Waals surface area contributed by atoms with Gasteiger partial charge < -0.3 is 5.32 Å². The fourth-order valence-corrected chi connectivity index (χ4v) is 7.70. The van der Waals surface area contributed by atoms with Gasteiger partial charge in [0.1, 0.15) is 0 Å². The third-order valence-corrected chi connectivity index (χ3v) is 8.44. The van der Waals surface area contributed by atoms with E-state index in [1.165, 1.54) is 56.2 Å². The number of carbonyl (C=O) groups excluding carboxylic acids is 1. The Balaban J connectivity index is 1.29. The Labute approximate surface area is 155 Å². The number of nitrogens with one attached hydrogen (secondary N) is 1. The van der Waals surface area contributed by atoms with Gasteiger partial charge in [-0.05, 0) is 94.0 Å². The number of rotatable bonds is 4. The molecule has 4 bridgehead atoms. The maximum Gasteiger partial charge on any atom is 0.237 e. The number of likely N-dealkylation sites (tertiary alicyclic amines) is 1. The molecule has 0 aromatic carbocycles. The van der Waals surface area contributed by atoms with Gasteiger partial charge >= 0.3 is 0 Å². The lowest BCUT2D eigenvalue weighted by atomic mass is 9.53. The number of hydrogen-bond donors (Lipinski definition) is 1. The molecule has 1 aromatic rings. The zero-order chi connectivity index (χ0) is 17.0. The SMILES string of the molecule is C[C@@H](C(=O)NC12CC3CC(CC(C3)C1)C2)N1CCC[C@@H]1c1cccs1. The molecule has 4 aliphatic carbocycles. The monoisotopic (exact) mass is 358 g/mol. The molecule has 1 aromatic heterocycles. The molecule has 2 heterocycles. The van der Waals surface area contributed by atoms with Crippen LogP contribution in [0.3, 0.4) is 0 Å². The third-order valence-electron chi connectivity index (χ3n) is 7.47. The predicted octanol–water partition coefficient (Wildman–Crippen LogP) is 4.36. The summed E-state index contributed by atoms with van der Waals surface area (Å²) in [6.45, 7) is 3.18. The average molecular weight is 359 g/mol. The summed E-state index contributed by atoms with van der Waals surface area (Å²) in [7, 11) is 0. The highest BCUT2D eigenvalue weighted by atomic mass is 32.1. The lowest BCUT2D eigenvalue weighted by Crippen LogP contribution is -2.62. The van der Waals surface area contributed by atoms with Crippen LogP contribution >= 0.6 is 11.3 Å². The molecular formula is C21H30N2OS. The first-order valence-corrected chi connectivity index (χ1v) is 11.1. The van der Waals surface area contributed by atoms with Crippen molar-refractivity contribution in [2.75, 3.05) is 6.54 Å². The van der Waals surface area contributed by atoms with Crippen molar-refractivity contribution in [3.8, 4) is 0 Å². The van der Waals surface area contributed by atoms with Crippen molar-refractivity contribution in [3.63, 3.8) is 0 Å². The number of hydrogen-bond acceptors (Lipinski definition) is 3. The molecule has 1 N–H and O–H groups in total. The van der Waals surface area contributed by atoms with E-state index in [0.29, 0.717) is 6.04 Å². The Morgan fingerprint density at radius 1 is 1.24 bits per heavy atom. The molecule has 1 amide bonds. The van der Waals surface area contributed by atoms with Crippen LogP contribution in [0.5, 0.6) is 0 Å². The number of carbonyl (C=O) groups is 1. The summed E-state index contributed by atoms with van der Waals surface area (Å²) in [6.07, 6.45) is 10.4. The first-order chi connectivity index (χ1) is 12.1. The number of nitrogens with zero attached hydrogens (tertiary/aromatic N) is 1. The zero-order valence-corrected chi connectivity index (χ0v) is 16.1. The fraction of sp³-hybridized carbons (Fsp3) is 0.762. The van der Waals surface area contributed by atoms with Crippen LogP contribution in [-0.4, -0.2) is 28.9 Å². The highest BCUT2D eigenvalue weighted by Crippen LogP contribution is 2.55. The van der Waals surface area contributed by atoms with Crippen LogP contribution < -0.4 is 5.32 Å². The van der Waals surface area contributed by atoms with Crippen LogP contribution in [0.15, 0.2) is 17.5 Å². The van der Waals surface area contributed by atoms with Gasteiger partial charge in [0.15, 0.2) is 0 Å². The smallest absolute Gasteiger partial charge is 0.237 e. The highest BCUT2D eigenvalue weighted by molar-refractivity contribution is 7.10. The van der Waals surface area contributed by atoms with Gasteiger partial charge in [0.25, 0.3) is 0 Å². The molecule has 4 heteroatoms. The minimum Gasteiger partial charge on any atom is -0.349 e. The molecule has 3 nitrogen and oxygen atoms in total. The van der Waals surface area contributed by atoms with E-state index in [2.05, 4.69) is 34.7 Å². The Hall–Kier alpha value is -0.870. The molecule has 6 rings (SSSR count). The van der Waals surface area contributed by atoms with Gasteiger partial charge in [-0.25, -0.2) is 0 Å². The van der Waals surface area contributed by atoms with Crippen molar-refractivity contribution < 1.29 is 4.79 Å². The van der Waals surface area contributed by atoms with Crippen LogP contribution in [-0.2, 0) is 4.79 Å². The van der Waals surface area contributed by atoms with Gasteiger partial charge in [0.2, 0.25) is 5.91 Å². The van der Waals surface area contributed by atoms with Crippen molar-refractivity contribution >= 4 is 17.2 Å². The molecular weight excluding hydrogens is 328 g/mol. The summed E-state index contributed by atoms with van der Waals surface area (Å²) >= 11 is 1.83. The van der Waals surface area contributed by atoms with Gasteiger partial charge in [-0.15, -0.1) is 11.3 Å². The first kappa shape index (κ1) is 16.3. The van der Waals surface area contributed by atoms with Crippen LogP contribution in [0.4, 0.5) is 0 Å². The summed E-state index contributed by atoms with van der Waals surface area (Å²) in [5.74, 6) is 2.93. The fourth-order valence-electron chi connectivity index (χ4n) is 6.82. The van der Waals surface area contributed by atoms with E-state index in [-0.39, 0.29) is 17.5 Å². The molecule has 1 saturated heterocycles. The summed E-state index contributed by atoms with van der Waals surface area (Å²) in [6, 6.07) is 4.80. The van der Waals surface area contributed by atoms with Gasteiger partial charge in [-0.2, -0.15) is 0 Å². The Morgan fingerprint density at radius 2 is 1.92 bits per heavy atom. The van der Waals surface area contributed by atoms with Crippen LogP contribution in [0.1, 0.15) is 69.2 Å². The lowest BCUT2D eigenvalue weighted by molar-refractivity contribution is -0.132. The predicted molar refractivity (Wildman–Crippen MR) is 102 cm³/mol. The van der Waals surface area contributed by atoms with E-state index >= 15 is 0 Å². The largest absolute Gasteiger partial charge is 0.349 e. The quantitative estimate of drug-likeness (QED) is 0.867. The second-order valence-electron chi connectivity index (χ2n) is 9.27. The van der Waals surface area contributed by atoms with Gasteiger partial charge in [0, 0.05) is 16.5 Å². The van der Waals surface area contributed by atoms with E-state index in [1.54, 1.807) is 0 Å². The molecule has 4 saturated carbocycles. The maximum absolute atomic E-state index is 13.2. The average Bonchev–Trinajstić information content (AvgIpc) is 3.23. The topological polar surface area (TPSA) is 32.3 Å². The molecule has 2 atom stereocenters. The minimum atomic E-state index is -0.0115. The number of amides is 1. The van der Waals surface area contributed by atoms with Crippen molar-refractivity contribution in [2.45, 2.75) is 75.9 Å². The Kier molecular flexibility index (Phi) is 3.97. The molecule has 1 aliphatic heterocycles. The first-order valence-electron chi connectivity index (χ1n) is 10.2. The van der Waals surface area contributed by atoms with E-state index in [1.807, 2.05) is 11.3 Å². The molecule has 0 unspecified atom stereocenters. The highest BCUT2D eigenvalue weighted by Gasteiger charge is 2.52. The van der Waals surface area contributed by atoms with Crippen molar-refractivity contribution in [2.24, 2.45) is 17.8 Å². The van der Waals surface area contributed by atoms with E-state index in [0.717, 1.165) is 24.3 Å². The third kappa shape index (κ3) is 2.86. The molecule has 25 heavy (non-hydrogen) atoms. The maximum atomic E-state index is 13.2. The molecule has 0 spiro atoms. The van der Waals surface area contributed by atoms with Gasteiger partial charge in [-0.3, -0.25) is 9.69 Å². The van der Waals surface area contributed by atoms with Crippen molar-refractivity contribution in [1.29, 1.82) is 0 Å². The number of thiophene rings is 1. The molecule has 5 aliphatic rings. The summed E-state index contributed by atoms with van der Waals surface area (Å²) in [5.41, 5.74) is 0.137. The van der Waals surface area contributed by atoms with E-state index in [9.17, 15) is 4.79 Å². The van der Waals surface area contributed by atoms with Crippen molar-refractivity contribution in [1.82, 2.24) is 10.2 Å². The Morgan fingerprint density at radius 3 is 2.52 bits per heavy atom. The Bertz CT molecular complexity index is 605. The van der Waals surface area contributed by atoms with Gasteiger partial charge in [0.05, 0.1) is 6.04 Å². The van der Waals surface area contributed by atoms with Crippen LogP contribution in [0.2, 0.25) is 0 Å². The zero-order valence-electron chi connectivity index (χ0n) is 15.2. The standard InChI is InChI=1S/C21H30N2OS/c1-14(23-6-2-4-18(23)19-5-3-7-25-19)20(24)22-21-11-15-8-16(12-21)10-17(9-15)13-21/h3,5,7,14-18H,2,4,6,8-13H2,1H3,(H,22,24)/t14-,15?,16?,17?,18+,21?/m0/s1. The normalized spacial score (nSPS) is 41.2. The lowest BCUT2D eigenvalue weighted by Gasteiger charge is -2.57. The second-order valence-corrected chi connectivity index (χ2v) is 10.3. The van der Waals surface area contributed by atoms with E-state index < -0.39 is 0 Å². The summed E-state index contributed by atoms with van der Waals surface area (Å²) in [5, 5.41) is 5.75. The minimum absolute atomic E-state index is 0.0115. The summed E-state index contributed by atoms with van der Waals surface area (Å²) in [4.78, 5) is 17.0. The van der Waals surface area contributed by atoms with Crippen LogP contribution in [0.25, 0.3) is 0 Å². The molecule has 136 valence electrons. The van der Waals surface area contributed by atoms with E-state index in [4.69, 9.17) is 0 Å².